The van der Waals surface area contributed by atoms with Gasteiger partial charge in [0.25, 0.3) is 0 Å². The summed E-state index contributed by atoms with van der Waals surface area (Å²) < 4.78 is 17.4. The lowest BCUT2D eigenvalue weighted by Crippen LogP contribution is -2.30. The fraction of sp³-hybridized carbons (Fsp3) is 0.179. The van der Waals surface area contributed by atoms with Crippen LogP contribution in [0.4, 0.5) is 16.2 Å². The number of aromatic nitrogens is 1. The maximum atomic E-state index is 12.2. The number of aliphatic carboxylic acids is 1. The number of pyridine rings is 1. The van der Waals surface area contributed by atoms with Gasteiger partial charge < -0.3 is 35.7 Å². The predicted octanol–water partition coefficient (Wildman–Crippen LogP) is 5.25. The molecule has 196 valence electrons. The number of nitrogens with two attached hydrogens (primary N) is 1. The average molecular weight is 517 g/mol. The Bertz CT molecular complexity index is 1400. The number of ether oxygens (including phenoxy) is 3. The highest BCUT2D eigenvalue weighted by molar-refractivity contribution is 5.99. The number of nitrogens with one attached hydrogen (secondary N) is 2. The normalized spacial score (nSPS) is 11.4. The molecule has 0 aliphatic carbocycles. The van der Waals surface area contributed by atoms with Crippen LogP contribution in [0, 0.1) is 0 Å². The molecule has 4 rings (SSSR count). The summed E-state index contributed by atoms with van der Waals surface area (Å²) in [6.45, 7) is 0.281. The van der Waals surface area contributed by atoms with E-state index in [1.165, 1.54) is 7.11 Å². The maximum Gasteiger partial charge on any atom is 0.323 e. The van der Waals surface area contributed by atoms with Crippen LogP contribution in [-0.4, -0.2) is 41.8 Å². The van der Waals surface area contributed by atoms with Crippen LogP contribution in [0.2, 0.25) is 0 Å². The quantitative estimate of drug-likeness (QED) is 0.198. The highest BCUT2D eigenvalue weighted by atomic mass is 16.5. The SMILES string of the molecule is COc1cc2c(Oc3ccc(NC(=O)Nc4ccccc4)cc3)ccnc2cc1OCCC[C@@H](N)C(=O)O. The van der Waals surface area contributed by atoms with Crippen LogP contribution in [0.3, 0.4) is 0 Å². The molecule has 0 saturated carbocycles. The zero-order chi connectivity index (χ0) is 26.9. The molecule has 1 heterocycles. The third-order valence-electron chi connectivity index (χ3n) is 5.59. The van der Waals surface area contributed by atoms with Crippen LogP contribution in [0.15, 0.2) is 79.0 Å². The summed E-state index contributed by atoms with van der Waals surface area (Å²) in [6, 6.07) is 20.2. The number of carbonyl (C=O) groups is 2. The number of methoxy groups -OCH3 is 1. The lowest BCUT2D eigenvalue weighted by atomic mass is 10.1. The van der Waals surface area contributed by atoms with E-state index in [0.717, 1.165) is 0 Å². The zero-order valence-electron chi connectivity index (χ0n) is 20.7. The molecule has 1 aromatic heterocycles. The van der Waals surface area contributed by atoms with Crippen molar-refractivity contribution in [3.05, 3.63) is 79.0 Å². The maximum absolute atomic E-state index is 12.2. The molecule has 0 radical (unpaired) electrons. The smallest absolute Gasteiger partial charge is 0.323 e. The Balaban J connectivity index is 1.42. The summed E-state index contributed by atoms with van der Waals surface area (Å²) in [4.78, 5) is 27.5. The first kappa shape index (κ1) is 26.2. The molecule has 0 saturated heterocycles. The fourth-order valence-corrected chi connectivity index (χ4v) is 3.65. The highest BCUT2D eigenvalue weighted by Crippen LogP contribution is 2.37. The molecular formula is C28H28N4O6. The van der Waals surface area contributed by atoms with Gasteiger partial charge in [-0.05, 0) is 61.4 Å². The molecule has 0 aliphatic rings. The molecule has 1 atom stereocenters. The number of benzene rings is 3. The second-order valence-corrected chi connectivity index (χ2v) is 8.34. The largest absolute Gasteiger partial charge is 0.493 e. The summed E-state index contributed by atoms with van der Waals surface area (Å²) in [7, 11) is 1.53. The molecule has 10 nitrogen and oxygen atoms in total. The van der Waals surface area contributed by atoms with Crippen molar-refractivity contribution in [2.24, 2.45) is 5.73 Å². The topological polar surface area (TPSA) is 145 Å². The number of rotatable bonds is 11. The predicted molar refractivity (Wildman–Crippen MR) is 144 cm³/mol. The summed E-state index contributed by atoms with van der Waals surface area (Å²) in [5, 5.41) is 15.2. The van der Waals surface area contributed by atoms with Crippen LogP contribution in [-0.2, 0) is 4.79 Å². The van der Waals surface area contributed by atoms with E-state index < -0.39 is 12.0 Å². The number of urea groups is 1. The highest BCUT2D eigenvalue weighted by Gasteiger charge is 2.14. The standard InChI is InChI=1S/C28H28N4O6/c1-36-25-16-21-23(17-26(25)37-15-5-8-22(29)27(33)34)30-14-13-24(21)38-20-11-9-19(10-12-20)32-28(35)31-18-6-3-2-4-7-18/h2-4,6-7,9-14,16-17,22H,5,8,15,29H2,1H3,(H,33,34)(H2,31,32,35)/t22-/m1/s1. The Kier molecular flexibility index (Phi) is 8.57. The van der Waals surface area contributed by atoms with E-state index in [0.29, 0.717) is 58.1 Å². The Morgan fingerprint density at radius 2 is 1.66 bits per heavy atom. The van der Waals surface area contributed by atoms with Crippen LogP contribution in [0.1, 0.15) is 12.8 Å². The number of carbonyl (C=O) groups excluding carboxylic acids is 1. The molecule has 0 spiro atoms. The second-order valence-electron chi connectivity index (χ2n) is 8.34. The minimum Gasteiger partial charge on any atom is -0.493 e. The summed E-state index contributed by atoms with van der Waals surface area (Å²) in [5.41, 5.74) is 7.48. The van der Waals surface area contributed by atoms with Gasteiger partial charge in [0.05, 0.1) is 19.2 Å². The van der Waals surface area contributed by atoms with Gasteiger partial charge in [0, 0.05) is 29.0 Å². The number of carboxylic acid groups (broad SMARTS) is 1. The number of hydrogen-bond donors (Lipinski definition) is 4. The number of carboxylic acids is 1. The number of anilines is 2. The summed E-state index contributed by atoms with van der Waals surface area (Å²) in [5.74, 6) is 1.07. The second kappa shape index (κ2) is 12.4. The van der Waals surface area contributed by atoms with Crippen molar-refractivity contribution in [2.45, 2.75) is 18.9 Å². The van der Waals surface area contributed by atoms with Crippen molar-refractivity contribution < 1.29 is 28.9 Å². The third-order valence-corrected chi connectivity index (χ3v) is 5.59. The van der Waals surface area contributed by atoms with E-state index in [4.69, 9.17) is 25.1 Å². The molecule has 0 aliphatic heterocycles. The molecule has 5 N–H and O–H groups in total. The molecular weight excluding hydrogens is 488 g/mol. The molecule has 0 fully saturated rings. The molecule has 2 amide bonds. The Labute approximate surface area is 219 Å². The van der Waals surface area contributed by atoms with Gasteiger partial charge in [-0.2, -0.15) is 0 Å². The summed E-state index contributed by atoms with van der Waals surface area (Å²) in [6.07, 6.45) is 2.40. The van der Waals surface area contributed by atoms with Crippen molar-refractivity contribution in [3.8, 4) is 23.0 Å². The van der Waals surface area contributed by atoms with Crippen LogP contribution >= 0.6 is 0 Å². The first-order valence-electron chi connectivity index (χ1n) is 11.9. The van der Waals surface area contributed by atoms with Gasteiger partial charge in [0.2, 0.25) is 0 Å². The van der Waals surface area contributed by atoms with Crippen LogP contribution in [0.25, 0.3) is 10.9 Å². The molecule has 0 unspecified atom stereocenters. The number of fused-ring (bicyclic) bond motifs is 1. The van der Waals surface area contributed by atoms with Crippen LogP contribution < -0.4 is 30.6 Å². The van der Waals surface area contributed by atoms with E-state index in [2.05, 4.69) is 15.6 Å². The van der Waals surface area contributed by atoms with Gasteiger partial charge in [-0.15, -0.1) is 0 Å². The lowest BCUT2D eigenvalue weighted by Gasteiger charge is -2.14. The van der Waals surface area contributed by atoms with Crippen molar-refractivity contribution in [1.29, 1.82) is 0 Å². The Hall–Kier alpha value is -4.83. The van der Waals surface area contributed by atoms with Crippen molar-refractivity contribution in [1.82, 2.24) is 4.98 Å². The van der Waals surface area contributed by atoms with Gasteiger partial charge in [-0.25, -0.2) is 4.79 Å². The van der Waals surface area contributed by atoms with Crippen molar-refractivity contribution in [3.63, 3.8) is 0 Å². The minimum atomic E-state index is -1.04. The number of amides is 2. The molecule has 38 heavy (non-hydrogen) atoms. The van der Waals surface area contributed by atoms with Gasteiger partial charge in [0.1, 0.15) is 17.5 Å². The molecule has 10 heteroatoms. The number of nitrogens with zero attached hydrogens (tertiary/aromatic N) is 1. The molecule has 0 bridgehead atoms. The minimum absolute atomic E-state index is 0.281. The number of para-hydroxylation sites is 1. The van der Waals surface area contributed by atoms with Gasteiger partial charge in [0.15, 0.2) is 11.5 Å². The van der Waals surface area contributed by atoms with Crippen molar-refractivity contribution >= 4 is 34.3 Å². The lowest BCUT2D eigenvalue weighted by molar-refractivity contribution is -0.138. The van der Waals surface area contributed by atoms with E-state index >= 15 is 0 Å². The Morgan fingerprint density at radius 1 is 0.947 bits per heavy atom. The third kappa shape index (κ3) is 6.89. The van der Waals surface area contributed by atoms with Crippen molar-refractivity contribution in [2.75, 3.05) is 24.4 Å². The van der Waals surface area contributed by atoms with E-state index in [9.17, 15) is 9.59 Å². The van der Waals surface area contributed by atoms with Gasteiger partial charge in [-0.1, -0.05) is 18.2 Å². The van der Waals surface area contributed by atoms with E-state index in [1.54, 1.807) is 60.8 Å². The first-order chi connectivity index (χ1) is 18.4. The number of hydrogen-bond acceptors (Lipinski definition) is 7. The van der Waals surface area contributed by atoms with Gasteiger partial charge in [-0.3, -0.25) is 9.78 Å². The summed E-state index contributed by atoms with van der Waals surface area (Å²) >= 11 is 0. The zero-order valence-corrected chi connectivity index (χ0v) is 20.7. The van der Waals surface area contributed by atoms with E-state index in [-0.39, 0.29) is 12.6 Å². The fourth-order valence-electron chi connectivity index (χ4n) is 3.65. The van der Waals surface area contributed by atoms with Gasteiger partial charge >= 0.3 is 12.0 Å². The average Bonchev–Trinajstić information content (AvgIpc) is 2.92. The molecule has 3 aromatic carbocycles. The molecule has 4 aromatic rings. The van der Waals surface area contributed by atoms with E-state index in [1.807, 2.05) is 18.2 Å². The monoisotopic (exact) mass is 516 g/mol. The first-order valence-corrected chi connectivity index (χ1v) is 11.9. The van der Waals surface area contributed by atoms with Crippen LogP contribution in [0.5, 0.6) is 23.0 Å². The Morgan fingerprint density at radius 3 is 2.34 bits per heavy atom.